The number of halogens is 1. The predicted molar refractivity (Wildman–Crippen MR) is 141 cm³/mol. The molecule has 1 atom stereocenters. The van der Waals surface area contributed by atoms with Crippen LogP contribution in [0.15, 0.2) is 64.8 Å². The van der Waals surface area contributed by atoms with Crippen LogP contribution in [0, 0.1) is 12.8 Å². The second-order valence-electron chi connectivity index (χ2n) is 9.23. The topological polar surface area (TPSA) is 41.5 Å². The number of allylic oxidation sites excluding steroid dienone is 5. The molecule has 0 radical (unpaired) electrons. The molecule has 4 heteroatoms. The van der Waals surface area contributed by atoms with Crippen LogP contribution in [-0.2, 0) is 10.2 Å². The Hall–Kier alpha value is -2.75. The molecular weight excluding hydrogens is 411 g/mol. The van der Waals surface area contributed by atoms with Crippen molar-refractivity contribution >= 4 is 17.6 Å². The van der Waals surface area contributed by atoms with Gasteiger partial charge in [0.25, 0.3) is 0 Å². The van der Waals surface area contributed by atoms with Crippen molar-refractivity contribution in [3.05, 3.63) is 76.5 Å². The molecule has 33 heavy (non-hydrogen) atoms. The molecule has 0 aliphatic heterocycles. The van der Waals surface area contributed by atoms with E-state index in [9.17, 15) is 9.18 Å². The number of nitrogens with zero attached hydrogens (tertiary/aromatic N) is 1. The number of carbonyl (C=O) groups is 1. The average molecular weight is 453 g/mol. The predicted octanol–water partition coefficient (Wildman–Crippen LogP) is 7.98. The third-order valence-electron chi connectivity index (χ3n) is 6.10. The zero-order valence-electron chi connectivity index (χ0n) is 21.9. The normalized spacial score (nSPS) is 14.8. The maximum absolute atomic E-state index is 13.1. The zero-order chi connectivity index (χ0) is 25.3. The van der Waals surface area contributed by atoms with Crippen molar-refractivity contribution in [2.45, 2.75) is 80.6 Å². The molecule has 180 valence electrons. The summed E-state index contributed by atoms with van der Waals surface area (Å²) in [6, 6.07) is 6.15. The SMILES string of the molecule is C=C(/C=C(N=CCC)\C(C)=C(/C)N/C=C(/C)F)c1ccc(C(C)(C)C(=O)C(C)CC)c(C)c1. The smallest absolute Gasteiger partial charge is 0.145 e. The van der Waals surface area contributed by atoms with E-state index in [2.05, 4.69) is 23.0 Å². The fraction of sp³-hybridized carbons (Fsp3) is 0.448. The number of aryl methyl sites for hydroxylation is 1. The number of nitrogens with one attached hydrogen (secondary N) is 1. The molecule has 1 N–H and O–H groups in total. The lowest BCUT2D eigenvalue weighted by Crippen LogP contribution is -2.34. The van der Waals surface area contributed by atoms with Crippen LogP contribution in [0.25, 0.3) is 5.57 Å². The summed E-state index contributed by atoms with van der Waals surface area (Å²) in [5.74, 6) is -0.00452. The lowest BCUT2D eigenvalue weighted by molar-refractivity contribution is -0.127. The molecule has 0 aromatic heterocycles. The van der Waals surface area contributed by atoms with E-state index in [1.54, 1.807) is 0 Å². The standard InChI is InChI=1S/C29H41FN2O/c1-11-15-31-27(23(7)24(8)32-18-22(6)30)17-20(4)25-13-14-26(21(5)16-25)29(9,10)28(33)19(3)12-2/h13-19,32H,4,11-12H2,1-3,5-10H3/b22-18-,24-23+,27-17+,31-15?. The van der Waals surface area contributed by atoms with Crippen LogP contribution >= 0.6 is 0 Å². The molecule has 0 aliphatic carbocycles. The average Bonchev–Trinajstić information content (AvgIpc) is 2.77. The summed E-state index contributed by atoms with van der Waals surface area (Å²) in [6.07, 6.45) is 6.77. The van der Waals surface area contributed by atoms with Gasteiger partial charge in [-0.05, 0) is 88.3 Å². The van der Waals surface area contributed by atoms with Crippen LogP contribution in [-0.4, -0.2) is 12.0 Å². The molecule has 1 aromatic carbocycles. The molecule has 0 spiro atoms. The molecule has 0 fully saturated rings. The van der Waals surface area contributed by atoms with Crippen molar-refractivity contribution in [3.63, 3.8) is 0 Å². The van der Waals surface area contributed by atoms with Gasteiger partial charge in [-0.1, -0.05) is 45.5 Å². The molecule has 0 aliphatic rings. The number of benzene rings is 1. The second kappa shape index (κ2) is 12.5. The largest absolute Gasteiger partial charge is 0.363 e. The maximum atomic E-state index is 13.1. The van der Waals surface area contributed by atoms with Gasteiger partial charge in [-0.3, -0.25) is 9.79 Å². The van der Waals surface area contributed by atoms with Gasteiger partial charge >= 0.3 is 0 Å². The van der Waals surface area contributed by atoms with Gasteiger partial charge in [0.15, 0.2) is 0 Å². The van der Waals surface area contributed by atoms with Gasteiger partial charge in [0, 0.05) is 29.4 Å². The summed E-state index contributed by atoms with van der Waals surface area (Å²) in [5, 5.41) is 2.98. The van der Waals surface area contributed by atoms with E-state index < -0.39 is 5.41 Å². The van der Waals surface area contributed by atoms with E-state index in [4.69, 9.17) is 0 Å². The molecular formula is C29H41FN2O. The first kappa shape index (κ1) is 28.3. The quantitative estimate of drug-likeness (QED) is 0.273. The Kier molecular flexibility index (Phi) is 10.7. The first-order valence-electron chi connectivity index (χ1n) is 11.7. The van der Waals surface area contributed by atoms with Crippen LogP contribution in [0.5, 0.6) is 0 Å². The highest BCUT2D eigenvalue weighted by atomic mass is 19.1. The Morgan fingerprint density at radius 1 is 1.24 bits per heavy atom. The zero-order valence-corrected chi connectivity index (χ0v) is 21.9. The number of aliphatic imine (C=N–C) groups is 1. The van der Waals surface area contributed by atoms with Gasteiger partial charge in [0.05, 0.1) is 5.70 Å². The summed E-state index contributed by atoms with van der Waals surface area (Å²) in [4.78, 5) is 17.6. The highest BCUT2D eigenvalue weighted by Crippen LogP contribution is 2.33. The molecule has 3 nitrogen and oxygen atoms in total. The molecule has 1 aromatic rings. The molecule has 0 amide bonds. The Bertz CT molecular complexity index is 989. The summed E-state index contributed by atoms with van der Waals surface area (Å²) >= 11 is 0. The van der Waals surface area contributed by atoms with Crippen LogP contribution in [0.2, 0.25) is 0 Å². The van der Waals surface area contributed by atoms with E-state index in [1.165, 1.54) is 13.1 Å². The van der Waals surface area contributed by atoms with Gasteiger partial charge in [-0.25, -0.2) is 4.39 Å². The third kappa shape index (κ3) is 7.66. The first-order valence-corrected chi connectivity index (χ1v) is 11.7. The fourth-order valence-electron chi connectivity index (χ4n) is 3.69. The van der Waals surface area contributed by atoms with E-state index in [1.807, 2.05) is 79.8 Å². The monoisotopic (exact) mass is 452 g/mol. The van der Waals surface area contributed by atoms with Crippen LogP contribution in [0.3, 0.4) is 0 Å². The summed E-state index contributed by atoms with van der Waals surface area (Å²) in [7, 11) is 0. The minimum atomic E-state index is -0.546. The summed E-state index contributed by atoms with van der Waals surface area (Å²) in [5.41, 5.74) is 5.86. The van der Waals surface area contributed by atoms with Crippen molar-refractivity contribution in [2.75, 3.05) is 0 Å². The molecule has 0 bridgehead atoms. The lowest BCUT2D eigenvalue weighted by atomic mass is 9.73. The lowest BCUT2D eigenvalue weighted by Gasteiger charge is -2.28. The molecule has 1 unspecified atom stereocenters. The molecule has 0 heterocycles. The van der Waals surface area contributed by atoms with E-state index in [0.29, 0.717) is 0 Å². The van der Waals surface area contributed by atoms with Crippen molar-refractivity contribution < 1.29 is 9.18 Å². The van der Waals surface area contributed by atoms with Crippen LogP contribution in [0.4, 0.5) is 4.39 Å². The van der Waals surface area contributed by atoms with E-state index >= 15 is 0 Å². The number of carbonyl (C=O) groups excluding carboxylic acids is 1. The minimum absolute atomic E-state index is 0.0265. The molecule has 1 rings (SSSR count). The molecule has 0 saturated carbocycles. The Balaban J connectivity index is 3.37. The summed E-state index contributed by atoms with van der Waals surface area (Å²) in [6.45, 7) is 21.6. The molecule has 0 saturated heterocycles. The number of hydrogen-bond donors (Lipinski definition) is 1. The second-order valence-corrected chi connectivity index (χ2v) is 9.23. The first-order chi connectivity index (χ1) is 15.4. The summed E-state index contributed by atoms with van der Waals surface area (Å²) < 4.78 is 13.1. The van der Waals surface area contributed by atoms with Gasteiger partial charge < -0.3 is 5.32 Å². The number of Topliss-reactive ketones (excluding diaryl/α,β-unsaturated/α-hetero) is 1. The minimum Gasteiger partial charge on any atom is -0.363 e. The third-order valence-corrected chi connectivity index (χ3v) is 6.10. The van der Waals surface area contributed by atoms with E-state index in [0.717, 1.165) is 52.1 Å². The van der Waals surface area contributed by atoms with Gasteiger partial charge in [-0.15, -0.1) is 0 Å². The van der Waals surface area contributed by atoms with Crippen LogP contribution in [0.1, 0.15) is 84.9 Å². The van der Waals surface area contributed by atoms with Gasteiger partial charge in [-0.2, -0.15) is 0 Å². The Morgan fingerprint density at radius 2 is 1.88 bits per heavy atom. The van der Waals surface area contributed by atoms with Crippen molar-refractivity contribution in [1.82, 2.24) is 5.32 Å². The van der Waals surface area contributed by atoms with Crippen LogP contribution < -0.4 is 5.32 Å². The highest BCUT2D eigenvalue weighted by Gasteiger charge is 2.33. The number of ketones is 1. The van der Waals surface area contributed by atoms with Gasteiger partial charge in [0.2, 0.25) is 0 Å². The number of hydrogen-bond acceptors (Lipinski definition) is 3. The fourth-order valence-corrected chi connectivity index (χ4v) is 3.69. The highest BCUT2D eigenvalue weighted by molar-refractivity contribution is 5.91. The van der Waals surface area contributed by atoms with Gasteiger partial charge in [0.1, 0.15) is 11.6 Å². The van der Waals surface area contributed by atoms with E-state index in [-0.39, 0.29) is 17.5 Å². The number of rotatable bonds is 11. The Labute approximate surface area is 200 Å². The van der Waals surface area contributed by atoms with Crippen molar-refractivity contribution in [1.29, 1.82) is 0 Å². The maximum Gasteiger partial charge on any atom is 0.145 e. The Morgan fingerprint density at radius 3 is 2.39 bits per heavy atom. The van der Waals surface area contributed by atoms with Crippen molar-refractivity contribution in [2.24, 2.45) is 10.9 Å². The van der Waals surface area contributed by atoms with Crippen molar-refractivity contribution in [3.8, 4) is 0 Å².